The van der Waals surface area contributed by atoms with Crippen LogP contribution in [0.2, 0.25) is 5.15 Å². The molecule has 0 bridgehead atoms. The van der Waals surface area contributed by atoms with E-state index in [1.807, 2.05) is 5.38 Å². The van der Waals surface area contributed by atoms with E-state index in [-0.39, 0.29) is 0 Å². The molecule has 1 aromatic heterocycles. The first-order valence-corrected chi connectivity index (χ1v) is 6.60. The highest BCUT2D eigenvalue weighted by Gasteiger charge is 2.13. The van der Waals surface area contributed by atoms with Crippen LogP contribution in [0, 0.1) is 11.8 Å². The van der Waals surface area contributed by atoms with Gasteiger partial charge in [0.2, 0.25) is 0 Å². The van der Waals surface area contributed by atoms with Crippen molar-refractivity contribution in [3.8, 4) is 0 Å². The minimum absolute atomic E-state index is 0.604. The second-order valence-electron chi connectivity index (χ2n) is 4.65. The van der Waals surface area contributed by atoms with Gasteiger partial charge >= 0.3 is 0 Å². The van der Waals surface area contributed by atoms with E-state index in [4.69, 9.17) is 11.6 Å². The Morgan fingerprint density at radius 2 is 1.80 bits per heavy atom. The first-order chi connectivity index (χ1) is 6.99. The van der Waals surface area contributed by atoms with Crippen molar-refractivity contribution < 1.29 is 0 Å². The van der Waals surface area contributed by atoms with E-state index in [1.54, 1.807) is 11.3 Å². The summed E-state index contributed by atoms with van der Waals surface area (Å²) >= 11 is 7.47. The average Bonchev–Trinajstić information content (AvgIpc) is 2.48. The first-order valence-electron chi connectivity index (χ1n) is 5.35. The molecule has 0 saturated heterocycles. The van der Waals surface area contributed by atoms with Gasteiger partial charge in [0.25, 0.3) is 0 Å². The summed E-state index contributed by atoms with van der Waals surface area (Å²) in [4.78, 5) is 6.65. The third kappa shape index (κ3) is 4.39. The van der Waals surface area contributed by atoms with E-state index < -0.39 is 0 Å². The highest BCUT2D eigenvalue weighted by Crippen LogP contribution is 2.24. The molecule has 1 aromatic rings. The zero-order valence-electron chi connectivity index (χ0n) is 9.83. The molecule has 4 heteroatoms. The zero-order valence-corrected chi connectivity index (χ0v) is 11.4. The number of thiazole rings is 1. The minimum Gasteiger partial charge on any atom is -0.348 e. The molecule has 0 unspecified atom stereocenters. The van der Waals surface area contributed by atoms with Crippen LogP contribution in [0.3, 0.4) is 0 Å². The van der Waals surface area contributed by atoms with Gasteiger partial charge in [-0.25, -0.2) is 4.98 Å². The summed E-state index contributed by atoms with van der Waals surface area (Å²) in [6.07, 6.45) is 0. The van der Waals surface area contributed by atoms with Crippen LogP contribution in [0.5, 0.6) is 0 Å². The fourth-order valence-corrected chi connectivity index (χ4v) is 2.47. The molecule has 15 heavy (non-hydrogen) atoms. The van der Waals surface area contributed by atoms with Crippen LogP contribution in [0.1, 0.15) is 27.7 Å². The van der Waals surface area contributed by atoms with Crippen molar-refractivity contribution in [2.75, 3.05) is 18.0 Å². The minimum atomic E-state index is 0.604. The maximum absolute atomic E-state index is 5.85. The second kappa shape index (κ2) is 5.71. The summed E-state index contributed by atoms with van der Waals surface area (Å²) in [6.45, 7) is 11.0. The molecule has 0 N–H and O–H groups in total. The summed E-state index contributed by atoms with van der Waals surface area (Å²) in [7, 11) is 0. The number of hydrogen-bond acceptors (Lipinski definition) is 3. The normalized spacial score (nSPS) is 11.4. The number of halogens is 1. The SMILES string of the molecule is CC(C)CN(CC(C)C)c1nc(Cl)cs1. The van der Waals surface area contributed by atoms with E-state index in [0.29, 0.717) is 17.0 Å². The van der Waals surface area contributed by atoms with Crippen molar-refractivity contribution in [1.82, 2.24) is 4.98 Å². The van der Waals surface area contributed by atoms with E-state index in [0.717, 1.165) is 18.2 Å². The molecule has 1 rings (SSSR count). The van der Waals surface area contributed by atoms with E-state index in [9.17, 15) is 0 Å². The lowest BCUT2D eigenvalue weighted by Gasteiger charge is -2.25. The summed E-state index contributed by atoms with van der Waals surface area (Å²) in [5, 5.41) is 3.54. The summed E-state index contributed by atoms with van der Waals surface area (Å²) < 4.78 is 0. The molecule has 1 heterocycles. The Morgan fingerprint density at radius 3 is 2.13 bits per heavy atom. The van der Waals surface area contributed by atoms with Crippen LogP contribution in [0.25, 0.3) is 0 Å². The van der Waals surface area contributed by atoms with Crippen molar-refractivity contribution >= 4 is 28.1 Å². The molecule has 0 aliphatic rings. The molecule has 86 valence electrons. The van der Waals surface area contributed by atoms with Gasteiger partial charge in [-0.3, -0.25) is 0 Å². The monoisotopic (exact) mass is 246 g/mol. The maximum Gasteiger partial charge on any atom is 0.186 e. The van der Waals surface area contributed by atoms with Crippen LogP contribution in [0.15, 0.2) is 5.38 Å². The predicted octanol–water partition coefficient (Wildman–Crippen LogP) is 3.91. The molecule has 0 aliphatic carbocycles. The second-order valence-corrected chi connectivity index (χ2v) is 5.87. The number of hydrogen-bond donors (Lipinski definition) is 0. The lowest BCUT2D eigenvalue weighted by molar-refractivity contribution is 0.552. The molecule has 0 saturated carbocycles. The summed E-state index contributed by atoms with van der Waals surface area (Å²) in [6, 6.07) is 0. The topological polar surface area (TPSA) is 16.1 Å². The Morgan fingerprint density at radius 1 is 1.27 bits per heavy atom. The Balaban J connectivity index is 2.71. The van der Waals surface area contributed by atoms with Gasteiger partial charge in [0, 0.05) is 18.5 Å². The van der Waals surface area contributed by atoms with Gasteiger partial charge in [-0.2, -0.15) is 0 Å². The highest BCUT2D eigenvalue weighted by molar-refractivity contribution is 7.14. The van der Waals surface area contributed by atoms with Gasteiger partial charge in [0.15, 0.2) is 5.13 Å². The predicted molar refractivity (Wildman–Crippen MR) is 69.0 cm³/mol. The molecule has 0 aliphatic heterocycles. The van der Waals surface area contributed by atoms with Gasteiger partial charge in [0.1, 0.15) is 5.15 Å². The van der Waals surface area contributed by atoms with E-state index in [1.165, 1.54) is 0 Å². The van der Waals surface area contributed by atoms with Gasteiger partial charge in [-0.15, -0.1) is 11.3 Å². The summed E-state index contributed by atoms with van der Waals surface area (Å²) in [5.41, 5.74) is 0. The molecule has 0 radical (unpaired) electrons. The zero-order chi connectivity index (χ0) is 11.4. The average molecular weight is 247 g/mol. The van der Waals surface area contributed by atoms with Gasteiger partial charge in [-0.1, -0.05) is 39.3 Å². The van der Waals surface area contributed by atoms with Crippen LogP contribution in [0.4, 0.5) is 5.13 Å². The Hall–Kier alpha value is -0.280. The molecule has 0 aromatic carbocycles. The number of anilines is 1. The number of aromatic nitrogens is 1. The van der Waals surface area contributed by atoms with Gasteiger partial charge in [0.05, 0.1) is 0 Å². The third-order valence-electron chi connectivity index (χ3n) is 1.91. The van der Waals surface area contributed by atoms with Crippen LogP contribution in [-0.2, 0) is 0 Å². The Kier molecular flexibility index (Phi) is 4.87. The lowest BCUT2D eigenvalue weighted by Crippen LogP contribution is -2.31. The van der Waals surface area contributed by atoms with Crippen molar-refractivity contribution in [1.29, 1.82) is 0 Å². The van der Waals surface area contributed by atoms with Gasteiger partial charge < -0.3 is 4.90 Å². The van der Waals surface area contributed by atoms with Crippen LogP contribution < -0.4 is 4.90 Å². The molecule has 0 fully saturated rings. The van der Waals surface area contributed by atoms with Crippen molar-refractivity contribution in [2.24, 2.45) is 11.8 Å². The molecular weight excluding hydrogens is 228 g/mol. The Labute approximate surface area is 101 Å². The summed E-state index contributed by atoms with van der Waals surface area (Å²) in [5.74, 6) is 1.29. The van der Waals surface area contributed by atoms with Crippen molar-refractivity contribution in [3.63, 3.8) is 0 Å². The number of nitrogens with zero attached hydrogens (tertiary/aromatic N) is 2. The Bertz CT molecular complexity index is 287. The standard InChI is InChI=1S/C11H19ClN2S/c1-8(2)5-14(6-9(3)4)11-13-10(12)7-15-11/h7-9H,5-6H2,1-4H3. The molecule has 2 nitrogen and oxygen atoms in total. The van der Waals surface area contributed by atoms with Gasteiger partial charge in [-0.05, 0) is 11.8 Å². The third-order valence-corrected chi connectivity index (χ3v) is 3.13. The van der Waals surface area contributed by atoms with Crippen molar-refractivity contribution in [3.05, 3.63) is 10.5 Å². The first kappa shape index (κ1) is 12.8. The maximum atomic E-state index is 5.85. The van der Waals surface area contributed by atoms with Crippen molar-refractivity contribution in [2.45, 2.75) is 27.7 Å². The van der Waals surface area contributed by atoms with Crippen LogP contribution >= 0.6 is 22.9 Å². The highest BCUT2D eigenvalue weighted by atomic mass is 35.5. The fraction of sp³-hybridized carbons (Fsp3) is 0.727. The number of rotatable bonds is 5. The fourth-order valence-electron chi connectivity index (χ4n) is 1.50. The van der Waals surface area contributed by atoms with E-state index >= 15 is 0 Å². The molecular formula is C11H19ClN2S. The largest absolute Gasteiger partial charge is 0.348 e. The molecule has 0 amide bonds. The van der Waals surface area contributed by atoms with E-state index in [2.05, 4.69) is 37.6 Å². The smallest absolute Gasteiger partial charge is 0.186 e. The quantitative estimate of drug-likeness (QED) is 0.783. The lowest BCUT2D eigenvalue weighted by atomic mass is 10.1. The molecule has 0 atom stereocenters. The molecule has 0 spiro atoms. The van der Waals surface area contributed by atoms with Crippen LogP contribution in [-0.4, -0.2) is 18.1 Å².